The predicted octanol–water partition coefficient (Wildman–Crippen LogP) is 3.57. The number of anilines is 2. The van der Waals surface area contributed by atoms with Crippen molar-refractivity contribution in [2.45, 2.75) is 26.8 Å². The van der Waals surface area contributed by atoms with Crippen LogP contribution in [0.2, 0.25) is 0 Å². The second-order valence-corrected chi connectivity index (χ2v) is 6.42. The molecule has 2 aromatic carbocycles. The maximum Gasteiger partial charge on any atom is 0.322 e. The van der Waals surface area contributed by atoms with E-state index in [9.17, 15) is 9.59 Å². The standard InChI is InChI=1S/C20H23N3O2/c1-14-9-10-18(13-15(14)2)23-12-11-22(16(3)19(23)24)20(25)21-17-7-5-4-6-8-17/h4-10,13,16H,11-12H2,1-3H3,(H,21,25). The second kappa shape index (κ2) is 6.97. The number of carbonyl (C=O) groups is 2. The summed E-state index contributed by atoms with van der Waals surface area (Å²) in [5.74, 6) is -0.0577. The van der Waals surface area contributed by atoms with Crippen LogP contribution in [0.15, 0.2) is 48.5 Å². The Morgan fingerprint density at radius 2 is 1.76 bits per heavy atom. The fourth-order valence-electron chi connectivity index (χ4n) is 3.01. The van der Waals surface area contributed by atoms with Gasteiger partial charge >= 0.3 is 6.03 Å². The number of hydrogen-bond donors (Lipinski definition) is 1. The van der Waals surface area contributed by atoms with Crippen molar-refractivity contribution in [3.8, 4) is 0 Å². The molecular formula is C20H23N3O2. The number of carbonyl (C=O) groups excluding carboxylic acids is 2. The maximum absolute atomic E-state index is 12.8. The summed E-state index contributed by atoms with van der Waals surface area (Å²) in [5.41, 5.74) is 3.97. The van der Waals surface area contributed by atoms with E-state index in [0.29, 0.717) is 13.1 Å². The number of amides is 3. The molecule has 0 aliphatic carbocycles. The van der Waals surface area contributed by atoms with E-state index in [0.717, 1.165) is 16.9 Å². The molecule has 1 heterocycles. The van der Waals surface area contributed by atoms with Gasteiger partial charge in [0.25, 0.3) is 0 Å². The number of piperazine rings is 1. The Hall–Kier alpha value is -2.82. The Labute approximate surface area is 148 Å². The van der Waals surface area contributed by atoms with Crippen molar-refractivity contribution >= 4 is 23.3 Å². The summed E-state index contributed by atoms with van der Waals surface area (Å²) in [4.78, 5) is 28.7. The van der Waals surface area contributed by atoms with Gasteiger partial charge in [-0.2, -0.15) is 0 Å². The predicted molar refractivity (Wildman–Crippen MR) is 99.9 cm³/mol. The van der Waals surface area contributed by atoms with Crippen LogP contribution in [0.3, 0.4) is 0 Å². The monoisotopic (exact) mass is 337 g/mol. The molecule has 25 heavy (non-hydrogen) atoms. The van der Waals surface area contributed by atoms with Gasteiger partial charge in [0.05, 0.1) is 0 Å². The molecule has 3 rings (SSSR count). The number of hydrogen-bond acceptors (Lipinski definition) is 2. The van der Waals surface area contributed by atoms with Crippen LogP contribution in [0.25, 0.3) is 0 Å². The number of rotatable bonds is 2. The molecule has 5 nitrogen and oxygen atoms in total. The summed E-state index contributed by atoms with van der Waals surface area (Å²) >= 11 is 0. The minimum absolute atomic E-state index is 0.0577. The van der Waals surface area contributed by atoms with E-state index >= 15 is 0 Å². The molecular weight excluding hydrogens is 314 g/mol. The van der Waals surface area contributed by atoms with Gasteiger partial charge < -0.3 is 15.1 Å². The minimum atomic E-state index is -0.501. The van der Waals surface area contributed by atoms with Gasteiger partial charge in [-0.15, -0.1) is 0 Å². The van der Waals surface area contributed by atoms with E-state index in [1.807, 2.05) is 55.5 Å². The lowest BCUT2D eigenvalue weighted by molar-refractivity contribution is -0.123. The van der Waals surface area contributed by atoms with E-state index in [1.54, 1.807) is 16.7 Å². The van der Waals surface area contributed by atoms with Crippen molar-refractivity contribution in [3.63, 3.8) is 0 Å². The first kappa shape index (κ1) is 17.0. The third-order valence-electron chi connectivity index (χ3n) is 4.74. The average molecular weight is 337 g/mol. The number of urea groups is 1. The second-order valence-electron chi connectivity index (χ2n) is 6.42. The fourth-order valence-corrected chi connectivity index (χ4v) is 3.01. The highest BCUT2D eigenvalue weighted by molar-refractivity contribution is 6.01. The van der Waals surface area contributed by atoms with Gasteiger partial charge in [-0.05, 0) is 56.2 Å². The van der Waals surface area contributed by atoms with E-state index < -0.39 is 6.04 Å². The van der Waals surface area contributed by atoms with E-state index in [2.05, 4.69) is 12.2 Å². The number of nitrogens with one attached hydrogen (secondary N) is 1. The molecule has 2 aromatic rings. The molecule has 130 valence electrons. The molecule has 0 spiro atoms. The van der Waals surface area contributed by atoms with E-state index in [-0.39, 0.29) is 11.9 Å². The summed E-state index contributed by atoms with van der Waals surface area (Å²) in [5, 5.41) is 2.85. The molecule has 0 radical (unpaired) electrons. The van der Waals surface area contributed by atoms with Crippen molar-refractivity contribution in [2.24, 2.45) is 0 Å². The minimum Gasteiger partial charge on any atom is -0.311 e. The Morgan fingerprint density at radius 1 is 1.04 bits per heavy atom. The summed E-state index contributed by atoms with van der Waals surface area (Å²) in [7, 11) is 0. The van der Waals surface area contributed by atoms with Crippen molar-refractivity contribution < 1.29 is 9.59 Å². The third-order valence-corrected chi connectivity index (χ3v) is 4.74. The van der Waals surface area contributed by atoms with Crippen LogP contribution in [0.5, 0.6) is 0 Å². The van der Waals surface area contributed by atoms with E-state index in [4.69, 9.17) is 0 Å². The molecule has 1 N–H and O–H groups in total. The van der Waals surface area contributed by atoms with Crippen molar-refractivity contribution in [2.75, 3.05) is 23.3 Å². The number of benzene rings is 2. The molecule has 1 aliphatic heterocycles. The van der Waals surface area contributed by atoms with E-state index in [1.165, 1.54) is 5.56 Å². The topological polar surface area (TPSA) is 52.6 Å². The number of aryl methyl sites for hydroxylation is 2. The summed E-state index contributed by atoms with van der Waals surface area (Å²) in [6.45, 7) is 6.86. The van der Waals surface area contributed by atoms with Gasteiger partial charge in [0.2, 0.25) is 5.91 Å². The molecule has 1 saturated heterocycles. The Kier molecular flexibility index (Phi) is 4.74. The average Bonchev–Trinajstić information content (AvgIpc) is 2.60. The zero-order chi connectivity index (χ0) is 18.0. The molecule has 5 heteroatoms. The van der Waals surface area contributed by atoms with Gasteiger partial charge in [-0.25, -0.2) is 4.79 Å². The lowest BCUT2D eigenvalue weighted by Crippen LogP contribution is -2.58. The van der Waals surface area contributed by atoms with Crippen LogP contribution in [-0.4, -0.2) is 36.0 Å². The molecule has 1 atom stereocenters. The quantitative estimate of drug-likeness (QED) is 0.911. The zero-order valence-corrected chi connectivity index (χ0v) is 14.8. The number of para-hydroxylation sites is 1. The molecule has 0 bridgehead atoms. The van der Waals surface area contributed by atoms with Crippen molar-refractivity contribution in [1.82, 2.24) is 4.90 Å². The largest absolute Gasteiger partial charge is 0.322 e. The first-order valence-electron chi connectivity index (χ1n) is 8.48. The SMILES string of the molecule is Cc1ccc(N2CCN(C(=O)Nc3ccccc3)C(C)C2=O)cc1C. The Bertz CT molecular complexity index is 789. The smallest absolute Gasteiger partial charge is 0.311 e. The fraction of sp³-hybridized carbons (Fsp3) is 0.300. The Balaban J connectivity index is 1.72. The zero-order valence-electron chi connectivity index (χ0n) is 14.8. The Morgan fingerprint density at radius 3 is 2.44 bits per heavy atom. The van der Waals surface area contributed by atoms with Crippen molar-refractivity contribution in [3.05, 3.63) is 59.7 Å². The van der Waals surface area contributed by atoms with Gasteiger partial charge in [0.1, 0.15) is 6.04 Å². The van der Waals surface area contributed by atoms with Gasteiger partial charge in [-0.3, -0.25) is 4.79 Å². The normalized spacial score (nSPS) is 17.6. The number of nitrogens with zero attached hydrogens (tertiary/aromatic N) is 2. The van der Waals surface area contributed by atoms with Crippen LogP contribution in [0, 0.1) is 13.8 Å². The van der Waals surface area contributed by atoms with Gasteiger partial charge in [0.15, 0.2) is 0 Å². The molecule has 0 aromatic heterocycles. The van der Waals surface area contributed by atoms with Crippen molar-refractivity contribution in [1.29, 1.82) is 0 Å². The summed E-state index contributed by atoms with van der Waals surface area (Å²) < 4.78 is 0. The molecule has 1 fully saturated rings. The molecule has 0 saturated carbocycles. The van der Waals surface area contributed by atoms with Crippen LogP contribution in [-0.2, 0) is 4.79 Å². The third kappa shape index (κ3) is 3.50. The summed E-state index contributed by atoms with van der Waals surface area (Å²) in [6.07, 6.45) is 0. The van der Waals surface area contributed by atoms with Gasteiger partial charge in [-0.1, -0.05) is 24.3 Å². The summed E-state index contributed by atoms with van der Waals surface area (Å²) in [6, 6.07) is 14.5. The maximum atomic E-state index is 12.8. The first-order chi connectivity index (χ1) is 12.0. The first-order valence-corrected chi connectivity index (χ1v) is 8.48. The molecule has 1 aliphatic rings. The lowest BCUT2D eigenvalue weighted by atomic mass is 10.1. The van der Waals surface area contributed by atoms with Gasteiger partial charge in [0, 0.05) is 24.5 Å². The highest BCUT2D eigenvalue weighted by Crippen LogP contribution is 2.23. The highest BCUT2D eigenvalue weighted by Gasteiger charge is 2.35. The van der Waals surface area contributed by atoms with Crippen LogP contribution in [0.4, 0.5) is 16.2 Å². The molecule has 1 unspecified atom stereocenters. The molecule has 3 amide bonds. The highest BCUT2D eigenvalue weighted by atomic mass is 16.2. The van der Waals surface area contributed by atoms with Crippen LogP contribution >= 0.6 is 0 Å². The van der Waals surface area contributed by atoms with Crippen LogP contribution in [0.1, 0.15) is 18.1 Å². The van der Waals surface area contributed by atoms with Crippen LogP contribution < -0.4 is 10.2 Å². The lowest BCUT2D eigenvalue weighted by Gasteiger charge is -2.39.